The predicted molar refractivity (Wildman–Crippen MR) is 112 cm³/mol. The molecule has 0 saturated heterocycles. The molecule has 0 fully saturated rings. The molecule has 28 heavy (non-hydrogen) atoms. The zero-order chi connectivity index (χ0) is 20.7. The Balaban J connectivity index is 2.29. The Morgan fingerprint density at radius 1 is 1.00 bits per heavy atom. The quantitative estimate of drug-likeness (QED) is 0.742. The molecule has 148 valence electrons. The SMILES string of the molecule is CCOc1ccc(/C=C(/NC(=O)c2ccc(C)cc2)C(=O)NC(C)(C)C)cc1. The molecule has 2 rings (SSSR count). The molecule has 5 heteroatoms. The van der Waals surface area contributed by atoms with Crippen LogP contribution in [0.3, 0.4) is 0 Å². The molecule has 0 atom stereocenters. The van der Waals surface area contributed by atoms with Crippen LogP contribution in [0.2, 0.25) is 0 Å². The number of benzene rings is 2. The maximum absolute atomic E-state index is 12.7. The van der Waals surface area contributed by atoms with Gasteiger partial charge in [0.15, 0.2) is 0 Å². The number of aryl methyl sites for hydroxylation is 1. The highest BCUT2D eigenvalue weighted by Gasteiger charge is 2.19. The molecule has 0 spiro atoms. The van der Waals surface area contributed by atoms with Gasteiger partial charge in [-0.1, -0.05) is 29.8 Å². The van der Waals surface area contributed by atoms with Crippen LogP contribution in [0.5, 0.6) is 5.75 Å². The number of amides is 2. The third kappa shape index (κ3) is 6.58. The molecule has 2 amide bonds. The van der Waals surface area contributed by atoms with E-state index in [4.69, 9.17) is 4.74 Å². The molecule has 2 aromatic carbocycles. The van der Waals surface area contributed by atoms with Crippen LogP contribution in [0.4, 0.5) is 0 Å². The third-order valence-corrected chi connectivity index (χ3v) is 3.80. The summed E-state index contributed by atoms with van der Waals surface area (Å²) in [6.07, 6.45) is 1.66. The summed E-state index contributed by atoms with van der Waals surface area (Å²) >= 11 is 0. The van der Waals surface area contributed by atoms with Crippen LogP contribution in [0.25, 0.3) is 6.08 Å². The zero-order valence-electron chi connectivity index (χ0n) is 17.1. The standard InChI is InChI=1S/C23H28N2O3/c1-6-28-19-13-9-17(10-14-19)15-20(22(27)25-23(3,4)5)24-21(26)18-11-7-16(2)8-12-18/h7-15H,6H2,1-5H3,(H,24,26)(H,25,27)/b20-15+. The Hall–Kier alpha value is -3.08. The molecule has 5 nitrogen and oxygen atoms in total. The minimum absolute atomic E-state index is 0.185. The van der Waals surface area contributed by atoms with Crippen molar-refractivity contribution in [2.75, 3.05) is 6.61 Å². The first-order valence-corrected chi connectivity index (χ1v) is 9.33. The van der Waals surface area contributed by atoms with Crippen LogP contribution >= 0.6 is 0 Å². The molecule has 2 N–H and O–H groups in total. The van der Waals surface area contributed by atoms with Gasteiger partial charge in [0.25, 0.3) is 11.8 Å². The molecule has 0 heterocycles. The number of carbonyl (C=O) groups excluding carboxylic acids is 2. The van der Waals surface area contributed by atoms with Crippen LogP contribution in [-0.4, -0.2) is 24.0 Å². The van der Waals surface area contributed by atoms with Crippen molar-refractivity contribution in [2.45, 2.75) is 40.2 Å². The number of ether oxygens (including phenoxy) is 1. The molecular formula is C23H28N2O3. The maximum atomic E-state index is 12.7. The zero-order valence-corrected chi connectivity index (χ0v) is 17.1. The number of carbonyl (C=O) groups is 2. The average Bonchev–Trinajstić information content (AvgIpc) is 2.62. The van der Waals surface area contributed by atoms with Crippen molar-refractivity contribution >= 4 is 17.9 Å². The Bertz CT molecular complexity index is 845. The molecule has 2 aromatic rings. The Kier molecular flexibility index (Phi) is 6.99. The summed E-state index contributed by atoms with van der Waals surface area (Å²) in [6.45, 7) is 10.1. The maximum Gasteiger partial charge on any atom is 0.268 e. The van der Waals surface area contributed by atoms with E-state index >= 15 is 0 Å². The lowest BCUT2D eigenvalue weighted by molar-refractivity contribution is -0.119. The summed E-state index contributed by atoms with van der Waals surface area (Å²) in [5, 5.41) is 5.63. The Labute approximate surface area is 166 Å². The van der Waals surface area contributed by atoms with Crippen molar-refractivity contribution in [3.63, 3.8) is 0 Å². The van der Waals surface area contributed by atoms with Gasteiger partial charge in [0.05, 0.1) is 6.61 Å². The summed E-state index contributed by atoms with van der Waals surface area (Å²) in [7, 11) is 0. The minimum atomic E-state index is -0.427. The van der Waals surface area contributed by atoms with Gasteiger partial charge < -0.3 is 15.4 Å². The van der Waals surface area contributed by atoms with Crippen LogP contribution in [0, 0.1) is 6.92 Å². The van der Waals surface area contributed by atoms with Crippen molar-refractivity contribution < 1.29 is 14.3 Å². The van der Waals surface area contributed by atoms with E-state index in [1.54, 1.807) is 18.2 Å². The van der Waals surface area contributed by atoms with E-state index < -0.39 is 5.54 Å². The average molecular weight is 380 g/mol. The van der Waals surface area contributed by atoms with Gasteiger partial charge in [-0.3, -0.25) is 9.59 Å². The van der Waals surface area contributed by atoms with E-state index in [1.807, 2.05) is 71.0 Å². The number of hydrogen-bond donors (Lipinski definition) is 2. The molecular weight excluding hydrogens is 352 g/mol. The summed E-state index contributed by atoms with van der Waals surface area (Å²) < 4.78 is 5.44. The lowest BCUT2D eigenvalue weighted by Gasteiger charge is -2.22. The molecule has 0 aliphatic rings. The lowest BCUT2D eigenvalue weighted by Crippen LogP contribution is -2.44. The second-order valence-electron chi connectivity index (χ2n) is 7.58. The van der Waals surface area contributed by atoms with Crippen LogP contribution < -0.4 is 15.4 Å². The minimum Gasteiger partial charge on any atom is -0.494 e. The first-order chi connectivity index (χ1) is 13.2. The van der Waals surface area contributed by atoms with E-state index in [9.17, 15) is 9.59 Å². The summed E-state index contributed by atoms with van der Waals surface area (Å²) in [5.74, 6) is 0.0760. The smallest absolute Gasteiger partial charge is 0.268 e. The highest BCUT2D eigenvalue weighted by molar-refractivity contribution is 6.05. The topological polar surface area (TPSA) is 67.4 Å². The second-order valence-corrected chi connectivity index (χ2v) is 7.58. The number of nitrogens with one attached hydrogen (secondary N) is 2. The van der Waals surface area contributed by atoms with Gasteiger partial charge in [-0.05, 0) is 70.5 Å². The fourth-order valence-electron chi connectivity index (χ4n) is 2.46. The third-order valence-electron chi connectivity index (χ3n) is 3.80. The number of rotatable bonds is 6. The van der Waals surface area contributed by atoms with E-state index in [2.05, 4.69) is 10.6 Å². The lowest BCUT2D eigenvalue weighted by atomic mass is 10.1. The van der Waals surface area contributed by atoms with Crippen molar-refractivity contribution in [3.8, 4) is 5.75 Å². The first-order valence-electron chi connectivity index (χ1n) is 9.33. The molecule has 0 aromatic heterocycles. The predicted octanol–water partition coefficient (Wildman–Crippen LogP) is 4.08. The second kappa shape index (κ2) is 9.22. The highest BCUT2D eigenvalue weighted by Crippen LogP contribution is 2.15. The molecule has 0 saturated carbocycles. The van der Waals surface area contributed by atoms with Gasteiger partial charge in [0.2, 0.25) is 0 Å². The Morgan fingerprint density at radius 3 is 2.14 bits per heavy atom. The largest absolute Gasteiger partial charge is 0.494 e. The highest BCUT2D eigenvalue weighted by atomic mass is 16.5. The van der Waals surface area contributed by atoms with Gasteiger partial charge in [0.1, 0.15) is 11.4 Å². The monoisotopic (exact) mass is 380 g/mol. The van der Waals surface area contributed by atoms with Crippen molar-refractivity contribution in [2.24, 2.45) is 0 Å². The van der Waals surface area contributed by atoms with E-state index in [1.165, 1.54) is 0 Å². The van der Waals surface area contributed by atoms with Crippen LogP contribution in [-0.2, 0) is 4.79 Å². The van der Waals surface area contributed by atoms with E-state index in [0.29, 0.717) is 12.2 Å². The van der Waals surface area contributed by atoms with Crippen LogP contribution in [0.1, 0.15) is 49.2 Å². The van der Waals surface area contributed by atoms with Crippen molar-refractivity contribution in [1.82, 2.24) is 10.6 Å². The first kappa shape index (κ1) is 21.2. The van der Waals surface area contributed by atoms with E-state index in [-0.39, 0.29) is 17.5 Å². The summed E-state index contributed by atoms with van der Waals surface area (Å²) in [4.78, 5) is 25.3. The van der Waals surface area contributed by atoms with E-state index in [0.717, 1.165) is 16.9 Å². The van der Waals surface area contributed by atoms with Gasteiger partial charge in [-0.15, -0.1) is 0 Å². The fraction of sp³-hybridized carbons (Fsp3) is 0.304. The number of hydrogen-bond acceptors (Lipinski definition) is 3. The fourth-order valence-corrected chi connectivity index (χ4v) is 2.46. The summed E-state index contributed by atoms with van der Waals surface area (Å²) in [6, 6.07) is 14.5. The van der Waals surface area contributed by atoms with Crippen molar-refractivity contribution in [1.29, 1.82) is 0 Å². The van der Waals surface area contributed by atoms with Gasteiger partial charge in [-0.2, -0.15) is 0 Å². The van der Waals surface area contributed by atoms with Crippen molar-refractivity contribution in [3.05, 3.63) is 70.9 Å². The molecule has 0 radical (unpaired) electrons. The normalized spacial score (nSPS) is 11.7. The molecule has 0 aliphatic carbocycles. The summed E-state index contributed by atoms with van der Waals surface area (Å²) in [5.41, 5.74) is 2.10. The Morgan fingerprint density at radius 2 is 1.61 bits per heavy atom. The molecule has 0 bridgehead atoms. The van der Waals surface area contributed by atoms with Crippen LogP contribution in [0.15, 0.2) is 54.2 Å². The molecule has 0 aliphatic heterocycles. The van der Waals surface area contributed by atoms with Gasteiger partial charge >= 0.3 is 0 Å². The van der Waals surface area contributed by atoms with Gasteiger partial charge in [-0.25, -0.2) is 0 Å². The molecule has 0 unspecified atom stereocenters. The van der Waals surface area contributed by atoms with Gasteiger partial charge in [0, 0.05) is 11.1 Å².